The summed E-state index contributed by atoms with van der Waals surface area (Å²) < 4.78 is 5.10. The van der Waals surface area contributed by atoms with Gasteiger partial charge >= 0.3 is 5.97 Å². The fourth-order valence-corrected chi connectivity index (χ4v) is 2.21. The molecule has 0 aliphatic heterocycles. The van der Waals surface area contributed by atoms with Gasteiger partial charge in [-0.2, -0.15) is 0 Å². The van der Waals surface area contributed by atoms with Gasteiger partial charge in [-0.3, -0.25) is 4.79 Å². The zero-order chi connectivity index (χ0) is 13.2. The minimum Gasteiger partial charge on any atom is -0.497 e. The number of rotatable bonds is 6. The molecule has 0 unspecified atom stereocenters. The van der Waals surface area contributed by atoms with Crippen molar-refractivity contribution in [1.29, 1.82) is 0 Å². The molecule has 1 aromatic rings. The number of nitrogens with zero attached hydrogens (tertiary/aromatic N) is 1. The number of carboxylic acid groups (broad SMARTS) is 1. The van der Waals surface area contributed by atoms with E-state index in [1.54, 1.807) is 7.11 Å². The maximum absolute atomic E-state index is 11.1. The standard InChI is InChI=1S/C14H19NO3/c1-15(10-14(7-8-14)13(16)17)9-11-3-5-12(18-2)6-4-11/h3-6H,7-10H2,1-2H3,(H,16,17). The zero-order valence-corrected chi connectivity index (χ0v) is 10.8. The molecule has 1 aromatic carbocycles. The summed E-state index contributed by atoms with van der Waals surface area (Å²) in [5.74, 6) is 0.176. The summed E-state index contributed by atoms with van der Waals surface area (Å²) >= 11 is 0. The average molecular weight is 249 g/mol. The van der Waals surface area contributed by atoms with Crippen LogP contribution >= 0.6 is 0 Å². The predicted octanol–water partition coefficient (Wildman–Crippen LogP) is 1.99. The van der Waals surface area contributed by atoms with Crippen LogP contribution in [0.25, 0.3) is 0 Å². The lowest BCUT2D eigenvalue weighted by molar-refractivity contribution is -0.144. The van der Waals surface area contributed by atoms with Gasteiger partial charge in [0.2, 0.25) is 0 Å². The van der Waals surface area contributed by atoms with Crippen LogP contribution in [-0.2, 0) is 11.3 Å². The van der Waals surface area contributed by atoms with Gasteiger partial charge in [-0.15, -0.1) is 0 Å². The zero-order valence-electron chi connectivity index (χ0n) is 10.8. The van der Waals surface area contributed by atoms with Crippen LogP contribution in [0, 0.1) is 5.41 Å². The van der Waals surface area contributed by atoms with E-state index in [1.807, 2.05) is 31.3 Å². The van der Waals surface area contributed by atoms with Gasteiger partial charge in [-0.1, -0.05) is 12.1 Å². The first-order chi connectivity index (χ1) is 8.55. The number of ether oxygens (including phenoxy) is 1. The number of aliphatic carboxylic acids is 1. The Labute approximate surface area is 107 Å². The van der Waals surface area contributed by atoms with Crippen LogP contribution in [0.4, 0.5) is 0 Å². The molecule has 0 heterocycles. The third-order valence-electron chi connectivity index (χ3n) is 3.49. The van der Waals surface area contributed by atoms with Crippen molar-refractivity contribution in [2.45, 2.75) is 19.4 Å². The molecule has 0 radical (unpaired) electrons. The van der Waals surface area contributed by atoms with Gasteiger partial charge in [0.15, 0.2) is 0 Å². The number of carboxylic acids is 1. The Morgan fingerprint density at radius 3 is 2.44 bits per heavy atom. The van der Waals surface area contributed by atoms with Gasteiger partial charge in [-0.25, -0.2) is 0 Å². The molecule has 18 heavy (non-hydrogen) atoms. The van der Waals surface area contributed by atoms with Crippen molar-refractivity contribution in [3.8, 4) is 5.75 Å². The third-order valence-corrected chi connectivity index (χ3v) is 3.49. The summed E-state index contributed by atoms with van der Waals surface area (Å²) in [7, 11) is 3.61. The maximum atomic E-state index is 11.1. The van der Waals surface area contributed by atoms with E-state index in [9.17, 15) is 4.79 Å². The maximum Gasteiger partial charge on any atom is 0.310 e. The summed E-state index contributed by atoms with van der Waals surface area (Å²) in [6, 6.07) is 7.87. The number of benzene rings is 1. The van der Waals surface area contributed by atoms with E-state index in [2.05, 4.69) is 4.90 Å². The molecule has 0 aromatic heterocycles. The molecule has 0 bridgehead atoms. The molecule has 0 amide bonds. The molecule has 1 fully saturated rings. The first kappa shape index (κ1) is 12.9. The second-order valence-electron chi connectivity index (χ2n) is 5.11. The van der Waals surface area contributed by atoms with Gasteiger partial charge in [0.1, 0.15) is 5.75 Å². The minimum atomic E-state index is -0.663. The number of hydrogen-bond acceptors (Lipinski definition) is 3. The van der Waals surface area contributed by atoms with Crippen LogP contribution < -0.4 is 4.74 Å². The number of hydrogen-bond donors (Lipinski definition) is 1. The summed E-state index contributed by atoms with van der Waals surface area (Å²) in [5, 5.41) is 9.14. The highest BCUT2D eigenvalue weighted by Gasteiger charge is 2.50. The number of methoxy groups -OCH3 is 1. The molecule has 1 saturated carbocycles. The lowest BCUT2D eigenvalue weighted by Crippen LogP contribution is -2.31. The lowest BCUT2D eigenvalue weighted by Gasteiger charge is -2.21. The Morgan fingerprint density at radius 2 is 2.00 bits per heavy atom. The van der Waals surface area contributed by atoms with Crippen LogP contribution in [0.2, 0.25) is 0 Å². The molecule has 98 valence electrons. The highest BCUT2D eigenvalue weighted by molar-refractivity contribution is 5.78. The molecule has 4 nitrogen and oxygen atoms in total. The molecule has 1 aliphatic carbocycles. The molecule has 0 spiro atoms. The highest BCUT2D eigenvalue weighted by Crippen LogP contribution is 2.46. The monoisotopic (exact) mass is 249 g/mol. The van der Waals surface area contributed by atoms with Crippen molar-refractivity contribution in [2.75, 3.05) is 20.7 Å². The molecule has 0 saturated heterocycles. The minimum absolute atomic E-state index is 0.485. The van der Waals surface area contributed by atoms with Crippen molar-refractivity contribution < 1.29 is 14.6 Å². The van der Waals surface area contributed by atoms with Crippen LogP contribution in [-0.4, -0.2) is 36.7 Å². The third kappa shape index (κ3) is 2.82. The summed E-state index contributed by atoms with van der Waals surface area (Å²) in [6.07, 6.45) is 1.60. The van der Waals surface area contributed by atoms with Gasteiger partial charge in [0.25, 0.3) is 0 Å². The molecular weight excluding hydrogens is 230 g/mol. The normalized spacial score (nSPS) is 16.6. The quantitative estimate of drug-likeness (QED) is 0.837. The van der Waals surface area contributed by atoms with Gasteiger partial charge in [0, 0.05) is 13.1 Å². The fraction of sp³-hybridized carbons (Fsp3) is 0.500. The first-order valence-corrected chi connectivity index (χ1v) is 6.11. The van der Waals surface area contributed by atoms with Crippen LogP contribution in [0.15, 0.2) is 24.3 Å². The second-order valence-corrected chi connectivity index (χ2v) is 5.11. The fourth-order valence-electron chi connectivity index (χ4n) is 2.21. The molecule has 2 rings (SSSR count). The Bertz CT molecular complexity index is 423. The second kappa shape index (κ2) is 4.98. The summed E-state index contributed by atoms with van der Waals surface area (Å²) in [6.45, 7) is 1.38. The van der Waals surface area contributed by atoms with Crippen LogP contribution in [0.1, 0.15) is 18.4 Å². The van der Waals surface area contributed by atoms with E-state index in [4.69, 9.17) is 9.84 Å². The number of carbonyl (C=O) groups is 1. The van der Waals surface area contributed by atoms with E-state index < -0.39 is 11.4 Å². The van der Waals surface area contributed by atoms with E-state index in [1.165, 1.54) is 5.56 Å². The van der Waals surface area contributed by atoms with Gasteiger partial charge < -0.3 is 14.7 Å². The predicted molar refractivity (Wildman–Crippen MR) is 68.6 cm³/mol. The van der Waals surface area contributed by atoms with Crippen LogP contribution in [0.3, 0.4) is 0 Å². The van der Waals surface area contributed by atoms with E-state index in [0.717, 1.165) is 25.1 Å². The van der Waals surface area contributed by atoms with Crippen molar-refractivity contribution in [3.05, 3.63) is 29.8 Å². The van der Waals surface area contributed by atoms with E-state index in [-0.39, 0.29) is 0 Å². The SMILES string of the molecule is COc1ccc(CN(C)CC2(C(=O)O)CC2)cc1. The first-order valence-electron chi connectivity index (χ1n) is 6.11. The smallest absolute Gasteiger partial charge is 0.310 e. The van der Waals surface area contributed by atoms with Crippen molar-refractivity contribution in [2.24, 2.45) is 5.41 Å². The lowest BCUT2D eigenvalue weighted by atomic mass is 10.1. The Balaban J connectivity index is 1.90. The Morgan fingerprint density at radius 1 is 1.39 bits per heavy atom. The van der Waals surface area contributed by atoms with E-state index >= 15 is 0 Å². The molecule has 0 atom stereocenters. The Hall–Kier alpha value is -1.55. The van der Waals surface area contributed by atoms with Crippen LogP contribution in [0.5, 0.6) is 5.75 Å². The van der Waals surface area contributed by atoms with Crippen molar-refractivity contribution >= 4 is 5.97 Å². The molecule has 1 N–H and O–H groups in total. The average Bonchev–Trinajstić information content (AvgIpc) is 3.11. The molecular formula is C14H19NO3. The van der Waals surface area contributed by atoms with Gasteiger partial charge in [0.05, 0.1) is 12.5 Å². The topological polar surface area (TPSA) is 49.8 Å². The van der Waals surface area contributed by atoms with Crippen molar-refractivity contribution in [1.82, 2.24) is 4.90 Å². The van der Waals surface area contributed by atoms with Crippen molar-refractivity contribution in [3.63, 3.8) is 0 Å². The summed E-state index contributed by atoms with van der Waals surface area (Å²) in [4.78, 5) is 13.2. The summed E-state index contributed by atoms with van der Waals surface area (Å²) in [5.41, 5.74) is 0.681. The van der Waals surface area contributed by atoms with Gasteiger partial charge in [-0.05, 0) is 37.6 Å². The Kier molecular flexibility index (Phi) is 3.57. The molecule has 1 aliphatic rings. The molecule has 4 heteroatoms. The highest BCUT2D eigenvalue weighted by atomic mass is 16.5. The van der Waals surface area contributed by atoms with E-state index in [0.29, 0.717) is 6.54 Å². The largest absolute Gasteiger partial charge is 0.497 e.